The first-order valence-electron chi connectivity index (χ1n) is 9.50. The maximum Gasteiger partial charge on any atom is 0.279 e. The number of nitrogens with one attached hydrogen (secondary N) is 2. The highest BCUT2D eigenvalue weighted by atomic mass is 32.1. The van der Waals surface area contributed by atoms with Crippen molar-refractivity contribution >= 4 is 34.3 Å². The van der Waals surface area contributed by atoms with Gasteiger partial charge in [0.15, 0.2) is 6.54 Å². The third-order valence-electron chi connectivity index (χ3n) is 5.39. The molecule has 3 nitrogen and oxygen atoms in total. The Kier molecular flexibility index (Phi) is 5.43. The summed E-state index contributed by atoms with van der Waals surface area (Å²) in [4.78, 5) is 17.1. The zero-order valence-electron chi connectivity index (χ0n) is 15.7. The van der Waals surface area contributed by atoms with E-state index in [0.29, 0.717) is 6.54 Å². The van der Waals surface area contributed by atoms with Crippen LogP contribution in [-0.2, 0) is 17.6 Å². The highest BCUT2D eigenvalue weighted by molar-refractivity contribution is 7.10. The molecule has 0 saturated heterocycles. The molecule has 1 aliphatic rings. The summed E-state index contributed by atoms with van der Waals surface area (Å²) in [5.41, 5.74) is 4.73. The van der Waals surface area contributed by atoms with E-state index in [1.807, 2.05) is 11.3 Å². The first-order chi connectivity index (χ1) is 13.2. The van der Waals surface area contributed by atoms with Crippen molar-refractivity contribution in [3.05, 3.63) is 73.6 Å². The van der Waals surface area contributed by atoms with Crippen LogP contribution in [0.25, 0.3) is 0 Å². The van der Waals surface area contributed by atoms with Crippen molar-refractivity contribution in [2.75, 3.05) is 18.4 Å². The van der Waals surface area contributed by atoms with Gasteiger partial charge in [0.1, 0.15) is 6.04 Å². The number of amides is 1. The van der Waals surface area contributed by atoms with Crippen LogP contribution in [0.1, 0.15) is 39.4 Å². The first kappa shape index (κ1) is 18.4. The van der Waals surface area contributed by atoms with Gasteiger partial charge in [0, 0.05) is 22.5 Å². The summed E-state index contributed by atoms with van der Waals surface area (Å²) in [5.74, 6) is 0.106. The van der Waals surface area contributed by atoms with Crippen molar-refractivity contribution in [3.8, 4) is 0 Å². The van der Waals surface area contributed by atoms with Crippen LogP contribution in [0.4, 0.5) is 5.69 Å². The van der Waals surface area contributed by atoms with Gasteiger partial charge >= 0.3 is 0 Å². The largest absolute Gasteiger partial charge is 0.321 e. The fraction of sp³-hybridized carbons (Fsp3) is 0.318. The number of para-hydroxylation sites is 1. The number of fused-ring (bicyclic) bond motifs is 1. The number of benzene rings is 1. The Morgan fingerprint density at radius 3 is 2.85 bits per heavy atom. The van der Waals surface area contributed by atoms with Crippen molar-refractivity contribution in [2.45, 2.75) is 32.7 Å². The number of aryl methyl sites for hydroxylation is 2. The minimum absolute atomic E-state index is 0.106. The minimum Gasteiger partial charge on any atom is -0.321 e. The number of hydrogen-bond donors (Lipinski definition) is 2. The number of quaternary nitrogens is 1. The summed E-state index contributed by atoms with van der Waals surface area (Å²) in [5, 5.41) is 7.53. The molecule has 1 aromatic carbocycles. The van der Waals surface area contributed by atoms with E-state index >= 15 is 0 Å². The van der Waals surface area contributed by atoms with Gasteiger partial charge in [0.25, 0.3) is 5.91 Å². The molecular formula is C22H25N2OS2+. The van der Waals surface area contributed by atoms with Crippen LogP contribution in [-0.4, -0.2) is 19.0 Å². The number of hydrogen-bond acceptors (Lipinski definition) is 3. The van der Waals surface area contributed by atoms with Gasteiger partial charge in [-0.05, 0) is 47.4 Å². The second-order valence-corrected chi connectivity index (χ2v) is 9.07. The summed E-state index contributed by atoms with van der Waals surface area (Å²) in [7, 11) is 0. The Balaban J connectivity index is 1.56. The number of anilines is 1. The quantitative estimate of drug-likeness (QED) is 0.674. The summed E-state index contributed by atoms with van der Waals surface area (Å²) < 4.78 is 0. The van der Waals surface area contributed by atoms with Gasteiger partial charge in [-0.2, -0.15) is 0 Å². The van der Waals surface area contributed by atoms with Crippen LogP contribution < -0.4 is 10.2 Å². The molecule has 0 saturated carbocycles. The number of thiophene rings is 2. The van der Waals surface area contributed by atoms with Crippen LogP contribution in [0.2, 0.25) is 0 Å². The molecule has 2 N–H and O–H groups in total. The lowest BCUT2D eigenvalue weighted by Crippen LogP contribution is -3.14. The van der Waals surface area contributed by atoms with Crippen molar-refractivity contribution in [2.24, 2.45) is 0 Å². The molecule has 1 aliphatic heterocycles. The van der Waals surface area contributed by atoms with Gasteiger partial charge in [0.05, 0.1) is 11.4 Å². The second-order valence-electron chi connectivity index (χ2n) is 7.09. The van der Waals surface area contributed by atoms with Crippen LogP contribution >= 0.6 is 22.7 Å². The molecular weight excluding hydrogens is 372 g/mol. The van der Waals surface area contributed by atoms with Crippen LogP contribution in [0.5, 0.6) is 0 Å². The zero-order valence-corrected chi connectivity index (χ0v) is 17.4. The first-order valence-corrected chi connectivity index (χ1v) is 11.3. The zero-order chi connectivity index (χ0) is 18.8. The van der Waals surface area contributed by atoms with Gasteiger partial charge in [-0.3, -0.25) is 4.79 Å². The van der Waals surface area contributed by atoms with Gasteiger partial charge < -0.3 is 10.2 Å². The van der Waals surface area contributed by atoms with Crippen LogP contribution in [0.3, 0.4) is 0 Å². The van der Waals surface area contributed by atoms with Crippen molar-refractivity contribution in [3.63, 3.8) is 0 Å². The summed E-state index contributed by atoms with van der Waals surface area (Å²) in [6.07, 6.45) is 1.98. The molecule has 0 spiro atoms. The Hall–Kier alpha value is -1.95. The van der Waals surface area contributed by atoms with Crippen molar-refractivity contribution < 1.29 is 9.69 Å². The summed E-state index contributed by atoms with van der Waals surface area (Å²) in [6.45, 7) is 5.69. The van der Waals surface area contributed by atoms with E-state index in [9.17, 15) is 4.79 Å². The Bertz CT molecular complexity index is 930. The molecule has 140 valence electrons. The molecule has 5 heteroatoms. The molecule has 2 aromatic heterocycles. The third kappa shape index (κ3) is 3.72. The number of carbonyl (C=O) groups excluding carboxylic acids is 1. The Morgan fingerprint density at radius 1 is 1.19 bits per heavy atom. The SMILES string of the molecule is CCc1cccc(C)c1NC(=O)C[NH+]1CCc2sccc2[C@@H]1c1cccs1. The highest BCUT2D eigenvalue weighted by Crippen LogP contribution is 2.31. The van der Waals surface area contributed by atoms with E-state index in [1.165, 1.54) is 25.8 Å². The van der Waals surface area contributed by atoms with E-state index in [4.69, 9.17) is 0 Å². The highest BCUT2D eigenvalue weighted by Gasteiger charge is 2.35. The lowest BCUT2D eigenvalue weighted by atomic mass is 9.98. The molecule has 1 amide bonds. The predicted molar refractivity (Wildman–Crippen MR) is 114 cm³/mol. The lowest BCUT2D eigenvalue weighted by molar-refractivity contribution is -0.919. The number of carbonyl (C=O) groups is 1. The van der Waals surface area contributed by atoms with E-state index < -0.39 is 0 Å². The monoisotopic (exact) mass is 397 g/mol. The predicted octanol–water partition coefficient (Wildman–Crippen LogP) is 3.85. The minimum atomic E-state index is 0.106. The Labute approximate surface area is 168 Å². The standard InChI is InChI=1S/C22H24N2OS2/c1-3-16-7-4-6-15(2)21(16)23-20(25)14-24-11-9-18-17(10-13-27-18)22(24)19-8-5-12-26-19/h4-8,10,12-13,22H,3,9,11,14H2,1-2H3,(H,23,25)/p+1/t22-/m1/s1. The number of rotatable bonds is 5. The van der Waals surface area contributed by atoms with E-state index in [2.05, 4.69) is 66.3 Å². The molecule has 0 bridgehead atoms. The van der Waals surface area contributed by atoms with E-state index in [-0.39, 0.29) is 11.9 Å². The fourth-order valence-electron chi connectivity index (χ4n) is 4.04. The van der Waals surface area contributed by atoms with Crippen molar-refractivity contribution in [1.29, 1.82) is 0 Å². The molecule has 2 atom stereocenters. The maximum atomic E-state index is 12.9. The Morgan fingerprint density at radius 2 is 2.07 bits per heavy atom. The fourth-order valence-corrected chi connectivity index (χ4v) is 5.86. The van der Waals surface area contributed by atoms with E-state index in [0.717, 1.165) is 30.6 Å². The summed E-state index contributed by atoms with van der Waals surface area (Å²) >= 11 is 3.64. The smallest absolute Gasteiger partial charge is 0.279 e. The van der Waals surface area contributed by atoms with Gasteiger partial charge in [-0.25, -0.2) is 0 Å². The molecule has 1 unspecified atom stereocenters. The lowest BCUT2D eigenvalue weighted by Gasteiger charge is -2.32. The van der Waals surface area contributed by atoms with Gasteiger partial charge in [0.2, 0.25) is 0 Å². The molecule has 4 rings (SSSR count). The molecule has 3 heterocycles. The second kappa shape index (κ2) is 7.97. The van der Waals surface area contributed by atoms with Crippen LogP contribution in [0.15, 0.2) is 47.2 Å². The molecule has 27 heavy (non-hydrogen) atoms. The third-order valence-corrected chi connectivity index (χ3v) is 7.33. The normalized spacial score (nSPS) is 18.9. The van der Waals surface area contributed by atoms with Gasteiger partial charge in [-0.1, -0.05) is 31.2 Å². The molecule has 0 radical (unpaired) electrons. The van der Waals surface area contributed by atoms with Crippen molar-refractivity contribution in [1.82, 2.24) is 0 Å². The van der Waals surface area contributed by atoms with Crippen LogP contribution in [0, 0.1) is 6.92 Å². The average molecular weight is 398 g/mol. The maximum absolute atomic E-state index is 12.9. The topological polar surface area (TPSA) is 33.5 Å². The summed E-state index contributed by atoms with van der Waals surface area (Å²) in [6, 6.07) is 13.1. The van der Waals surface area contributed by atoms with E-state index in [1.54, 1.807) is 11.3 Å². The molecule has 3 aromatic rings. The van der Waals surface area contributed by atoms with Gasteiger partial charge in [-0.15, -0.1) is 22.7 Å². The molecule has 0 fully saturated rings. The molecule has 0 aliphatic carbocycles. The average Bonchev–Trinajstić information content (AvgIpc) is 3.34.